The van der Waals surface area contributed by atoms with E-state index in [0.717, 1.165) is 32.1 Å². The molecule has 0 saturated carbocycles. The van der Waals surface area contributed by atoms with Crippen LogP contribution in [-0.4, -0.2) is 41.4 Å². The van der Waals surface area contributed by atoms with E-state index < -0.39 is 6.09 Å². The number of carboxylic acid groups (broad SMARTS) is 1. The molecule has 1 amide bonds. The molecule has 2 aliphatic heterocycles. The van der Waals surface area contributed by atoms with E-state index in [4.69, 9.17) is 9.84 Å². The van der Waals surface area contributed by atoms with Crippen molar-refractivity contribution in [3.8, 4) is 0 Å². The lowest BCUT2D eigenvalue weighted by molar-refractivity contribution is -0.0377. The number of piperidine rings is 1. The molecule has 4 nitrogen and oxygen atoms in total. The van der Waals surface area contributed by atoms with Gasteiger partial charge in [-0.25, -0.2) is 4.79 Å². The summed E-state index contributed by atoms with van der Waals surface area (Å²) in [6, 6.07) is 0. The standard InChI is InChI=1S/C10H17NO3/c12-9(13)11-6-2-1-3-10(11)4-7-14-8-5-10/h1-8H2,(H,12,13). The van der Waals surface area contributed by atoms with Crippen LogP contribution in [0.5, 0.6) is 0 Å². The van der Waals surface area contributed by atoms with Crippen LogP contribution in [0, 0.1) is 0 Å². The predicted octanol–water partition coefficient (Wildman–Crippen LogP) is 1.70. The Bertz CT molecular complexity index is 215. The highest BCUT2D eigenvalue weighted by atomic mass is 16.5. The zero-order valence-electron chi connectivity index (χ0n) is 8.37. The molecule has 2 saturated heterocycles. The third-order valence-corrected chi connectivity index (χ3v) is 3.50. The van der Waals surface area contributed by atoms with Gasteiger partial charge >= 0.3 is 6.09 Å². The van der Waals surface area contributed by atoms with Gasteiger partial charge < -0.3 is 14.7 Å². The Kier molecular flexibility index (Phi) is 2.63. The van der Waals surface area contributed by atoms with Crippen molar-refractivity contribution in [2.75, 3.05) is 19.8 Å². The van der Waals surface area contributed by atoms with E-state index in [1.54, 1.807) is 4.90 Å². The maximum absolute atomic E-state index is 11.1. The van der Waals surface area contributed by atoms with E-state index in [2.05, 4.69) is 0 Å². The highest BCUT2D eigenvalue weighted by Gasteiger charge is 2.42. The summed E-state index contributed by atoms with van der Waals surface area (Å²) in [7, 11) is 0. The summed E-state index contributed by atoms with van der Waals surface area (Å²) in [5, 5.41) is 9.14. The molecular formula is C10H17NO3. The molecule has 0 aromatic carbocycles. The lowest BCUT2D eigenvalue weighted by Gasteiger charge is -2.47. The van der Waals surface area contributed by atoms with Gasteiger partial charge in [0.15, 0.2) is 0 Å². The molecule has 0 bridgehead atoms. The molecule has 4 heteroatoms. The van der Waals surface area contributed by atoms with Crippen molar-refractivity contribution in [2.45, 2.75) is 37.6 Å². The monoisotopic (exact) mass is 199 g/mol. The molecule has 0 unspecified atom stereocenters. The van der Waals surface area contributed by atoms with Crippen LogP contribution >= 0.6 is 0 Å². The number of nitrogens with zero attached hydrogens (tertiary/aromatic N) is 1. The summed E-state index contributed by atoms with van der Waals surface area (Å²) < 4.78 is 5.31. The third-order valence-electron chi connectivity index (χ3n) is 3.50. The topological polar surface area (TPSA) is 49.8 Å². The first kappa shape index (κ1) is 9.77. The Morgan fingerprint density at radius 3 is 2.57 bits per heavy atom. The average molecular weight is 199 g/mol. The lowest BCUT2D eigenvalue weighted by atomic mass is 9.80. The van der Waals surface area contributed by atoms with E-state index >= 15 is 0 Å². The number of carbonyl (C=O) groups is 1. The zero-order valence-corrected chi connectivity index (χ0v) is 8.37. The van der Waals surface area contributed by atoms with E-state index in [1.807, 2.05) is 0 Å². The van der Waals surface area contributed by atoms with Crippen molar-refractivity contribution < 1.29 is 14.6 Å². The van der Waals surface area contributed by atoms with E-state index in [1.165, 1.54) is 0 Å². The minimum absolute atomic E-state index is 0.0949. The van der Waals surface area contributed by atoms with Crippen molar-refractivity contribution >= 4 is 6.09 Å². The highest BCUT2D eigenvalue weighted by Crippen LogP contribution is 2.36. The van der Waals surface area contributed by atoms with Gasteiger partial charge in [0.25, 0.3) is 0 Å². The van der Waals surface area contributed by atoms with E-state index in [0.29, 0.717) is 19.8 Å². The van der Waals surface area contributed by atoms with Crippen molar-refractivity contribution in [3.05, 3.63) is 0 Å². The molecule has 2 aliphatic rings. The molecule has 2 rings (SSSR count). The first-order valence-corrected chi connectivity index (χ1v) is 5.33. The molecule has 0 radical (unpaired) electrons. The Morgan fingerprint density at radius 2 is 1.93 bits per heavy atom. The number of ether oxygens (including phenoxy) is 1. The van der Waals surface area contributed by atoms with Gasteiger partial charge in [0.2, 0.25) is 0 Å². The second-order valence-electron chi connectivity index (χ2n) is 4.23. The summed E-state index contributed by atoms with van der Waals surface area (Å²) in [5.74, 6) is 0. The van der Waals surface area contributed by atoms with Crippen LogP contribution in [0.4, 0.5) is 4.79 Å². The molecule has 2 heterocycles. The first-order valence-electron chi connectivity index (χ1n) is 5.33. The molecule has 2 fully saturated rings. The maximum Gasteiger partial charge on any atom is 0.407 e. The number of likely N-dealkylation sites (tertiary alicyclic amines) is 1. The van der Waals surface area contributed by atoms with Crippen molar-refractivity contribution in [3.63, 3.8) is 0 Å². The molecule has 0 aliphatic carbocycles. The molecule has 14 heavy (non-hydrogen) atoms. The summed E-state index contributed by atoms with van der Waals surface area (Å²) in [6.45, 7) is 2.13. The quantitative estimate of drug-likeness (QED) is 0.646. The summed E-state index contributed by atoms with van der Waals surface area (Å²) in [6.07, 6.45) is 4.17. The largest absolute Gasteiger partial charge is 0.465 e. The second kappa shape index (κ2) is 3.77. The third kappa shape index (κ3) is 1.59. The minimum Gasteiger partial charge on any atom is -0.465 e. The van der Waals surface area contributed by atoms with Gasteiger partial charge in [0, 0.05) is 19.8 Å². The highest BCUT2D eigenvalue weighted by molar-refractivity contribution is 5.66. The smallest absolute Gasteiger partial charge is 0.407 e. The van der Waals surface area contributed by atoms with Crippen LogP contribution in [0.1, 0.15) is 32.1 Å². The summed E-state index contributed by atoms with van der Waals surface area (Å²) >= 11 is 0. The fourth-order valence-corrected chi connectivity index (χ4v) is 2.67. The second-order valence-corrected chi connectivity index (χ2v) is 4.23. The van der Waals surface area contributed by atoms with Crippen molar-refractivity contribution in [1.29, 1.82) is 0 Å². The van der Waals surface area contributed by atoms with E-state index in [-0.39, 0.29) is 5.54 Å². The number of rotatable bonds is 0. The molecule has 0 atom stereocenters. The molecule has 1 spiro atoms. The predicted molar refractivity (Wildman–Crippen MR) is 51.4 cm³/mol. The zero-order chi connectivity index (χ0) is 10.0. The molecule has 0 aromatic rings. The Morgan fingerprint density at radius 1 is 1.21 bits per heavy atom. The lowest BCUT2D eigenvalue weighted by Crippen LogP contribution is -2.56. The fourth-order valence-electron chi connectivity index (χ4n) is 2.67. The van der Waals surface area contributed by atoms with Gasteiger partial charge in [-0.05, 0) is 32.1 Å². The fraction of sp³-hybridized carbons (Fsp3) is 0.900. The van der Waals surface area contributed by atoms with Crippen LogP contribution in [0.3, 0.4) is 0 Å². The van der Waals surface area contributed by atoms with Gasteiger partial charge in [0.05, 0.1) is 5.54 Å². The van der Waals surface area contributed by atoms with Gasteiger partial charge in [-0.15, -0.1) is 0 Å². The number of hydrogen-bond acceptors (Lipinski definition) is 2. The van der Waals surface area contributed by atoms with Gasteiger partial charge in [-0.2, -0.15) is 0 Å². The van der Waals surface area contributed by atoms with Crippen LogP contribution in [0.15, 0.2) is 0 Å². The van der Waals surface area contributed by atoms with E-state index in [9.17, 15) is 4.79 Å². The molecule has 80 valence electrons. The van der Waals surface area contributed by atoms with Crippen molar-refractivity contribution in [2.24, 2.45) is 0 Å². The van der Waals surface area contributed by atoms with Crippen LogP contribution in [0.25, 0.3) is 0 Å². The van der Waals surface area contributed by atoms with Gasteiger partial charge in [-0.1, -0.05) is 0 Å². The van der Waals surface area contributed by atoms with Crippen molar-refractivity contribution in [1.82, 2.24) is 4.90 Å². The molecule has 1 N–H and O–H groups in total. The molecule has 0 aromatic heterocycles. The van der Waals surface area contributed by atoms with Crippen LogP contribution in [-0.2, 0) is 4.74 Å². The first-order chi connectivity index (χ1) is 6.75. The maximum atomic E-state index is 11.1. The summed E-state index contributed by atoms with van der Waals surface area (Å²) in [4.78, 5) is 12.8. The average Bonchev–Trinajstić information content (AvgIpc) is 2.19. The number of amides is 1. The minimum atomic E-state index is -0.758. The van der Waals surface area contributed by atoms with Crippen LogP contribution in [0.2, 0.25) is 0 Å². The normalized spacial score (nSPS) is 26.4. The Balaban J connectivity index is 2.14. The molecular weight excluding hydrogens is 182 g/mol. The van der Waals surface area contributed by atoms with Gasteiger partial charge in [-0.3, -0.25) is 0 Å². The Labute approximate surface area is 83.8 Å². The SMILES string of the molecule is O=C(O)N1CCCCC12CCOCC2. The Hall–Kier alpha value is -0.770. The number of hydrogen-bond donors (Lipinski definition) is 1. The van der Waals surface area contributed by atoms with Crippen LogP contribution < -0.4 is 0 Å². The van der Waals surface area contributed by atoms with Gasteiger partial charge in [0.1, 0.15) is 0 Å². The summed E-state index contributed by atoms with van der Waals surface area (Å²) in [5.41, 5.74) is -0.0949.